The third kappa shape index (κ3) is 3.23. The molecule has 0 unspecified atom stereocenters. The molecule has 0 atom stereocenters. The highest BCUT2D eigenvalue weighted by Crippen LogP contribution is 2.17. The Balaban J connectivity index is 2.24. The van der Waals surface area contributed by atoms with Gasteiger partial charge in [0.2, 0.25) is 0 Å². The van der Waals surface area contributed by atoms with Gasteiger partial charge in [-0.25, -0.2) is 0 Å². The van der Waals surface area contributed by atoms with Crippen molar-refractivity contribution in [3.05, 3.63) is 65.2 Å². The van der Waals surface area contributed by atoms with Crippen molar-refractivity contribution in [1.82, 2.24) is 0 Å². The van der Waals surface area contributed by atoms with E-state index in [2.05, 4.69) is 5.32 Å². The van der Waals surface area contributed by atoms with Crippen molar-refractivity contribution in [2.24, 2.45) is 5.73 Å². The zero-order valence-electron chi connectivity index (χ0n) is 11.2. The van der Waals surface area contributed by atoms with Gasteiger partial charge in [0.15, 0.2) is 0 Å². The molecule has 0 radical (unpaired) electrons. The van der Waals surface area contributed by atoms with E-state index in [4.69, 9.17) is 5.73 Å². The molecule has 0 saturated carbocycles. The van der Waals surface area contributed by atoms with Crippen molar-refractivity contribution in [1.29, 1.82) is 0 Å². The van der Waals surface area contributed by atoms with Crippen LogP contribution in [0, 0.1) is 0 Å². The van der Waals surface area contributed by atoms with Gasteiger partial charge in [-0.05, 0) is 30.7 Å². The molecule has 0 aromatic heterocycles. The molecule has 2 aromatic rings. The zero-order chi connectivity index (χ0) is 14.4. The maximum atomic E-state index is 12.3. The predicted octanol–water partition coefficient (Wildman–Crippen LogP) is 1.93. The SMILES string of the molecule is NCCc1ccccc1C(=O)Nc1ccccc1CO. The normalized spacial score (nSPS) is 10.3. The molecule has 0 aliphatic rings. The minimum Gasteiger partial charge on any atom is -0.392 e. The first kappa shape index (κ1) is 14.2. The second-order valence-electron chi connectivity index (χ2n) is 4.47. The van der Waals surface area contributed by atoms with E-state index in [0.717, 1.165) is 5.56 Å². The molecule has 0 bridgehead atoms. The Labute approximate surface area is 118 Å². The monoisotopic (exact) mass is 270 g/mol. The van der Waals surface area contributed by atoms with Crippen molar-refractivity contribution in [2.45, 2.75) is 13.0 Å². The first-order valence-corrected chi connectivity index (χ1v) is 6.54. The number of aliphatic hydroxyl groups is 1. The van der Waals surface area contributed by atoms with Crippen LogP contribution in [0.3, 0.4) is 0 Å². The predicted molar refractivity (Wildman–Crippen MR) is 79.5 cm³/mol. The molecule has 4 heteroatoms. The smallest absolute Gasteiger partial charge is 0.255 e. The highest BCUT2D eigenvalue weighted by molar-refractivity contribution is 6.05. The van der Waals surface area contributed by atoms with Gasteiger partial charge < -0.3 is 16.2 Å². The molecule has 0 aliphatic heterocycles. The number of hydrogen-bond donors (Lipinski definition) is 3. The quantitative estimate of drug-likeness (QED) is 0.777. The molecule has 0 heterocycles. The van der Waals surface area contributed by atoms with Crippen molar-refractivity contribution in [3.8, 4) is 0 Å². The average Bonchev–Trinajstić information content (AvgIpc) is 2.48. The number of hydrogen-bond acceptors (Lipinski definition) is 3. The van der Waals surface area contributed by atoms with E-state index < -0.39 is 0 Å². The lowest BCUT2D eigenvalue weighted by molar-refractivity contribution is 0.102. The summed E-state index contributed by atoms with van der Waals surface area (Å²) in [6.07, 6.45) is 0.658. The number of rotatable bonds is 5. The maximum Gasteiger partial charge on any atom is 0.255 e. The van der Waals surface area contributed by atoms with Crippen LogP contribution in [0.4, 0.5) is 5.69 Å². The number of nitrogens with one attached hydrogen (secondary N) is 1. The Morgan fingerprint density at radius 2 is 1.70 bits per heavy atom. The number of aliphatic hydroxyl groups excluding tert-OH is 1. The van der Waals surface area contributed by atoms with E-state index in [0.29, 0.717) is 29.8 Å². The molecule has 4 nitrogen and oxygen atoms in total. The summed E-state index contributed by atoms with van der Waals surface area (Å²) in [5.41, 5.74) is 8.42. The summed E-state index contributed by atoms with van der Waals surface area (Å²) in [5.74, 6) is -0.185. The number of carbonyl (C=O) groups excluding carboxylic acids is 1. The molecular weight excluding hydrogens is 252 g/mol. The van der Waals surface area contributed by atoms with Gasteiger partial charge in [-0.3, -0.25) is 4.79 Å². The van der Waals surface area contributed by atoms with Gasteiger partial charge >= 0.3 is 0 Å². The van der Waals surface area contributed by atoms with Gasteiger partial charge in [0.1, 0.15) is 0 Å². The van der Waals surface area contributed by atoms with E-state index in [-0.39, 0.29) is 12.5 Å². The summed E-state index contributed by atoms with van der Waals surface area (Å²) in [5, 5.41) is 12.1. The van der Waals surface area contributed by atoms with Crippen LogP contribution < -0.4 is 11.1 Å². The summed E-state index contributed by atoms with van der Waals surface area (Å²) in [7, 11) is 0. The standard InChI is InChI=1S/C16H18N2O2/c17-10-9-12-5-1-3-7-14(12)16(20)18-15-8-4-2-6-13(15)11-19/h1-8,19H,9-11,17H2,(H,18,20). The van der Waals surface area contributed by atoms with E-state index in [1.807, 2.05) is 30.3 Å². The molecule has 1 amide bonds. The molecular formula is C16H18N2O2. The lowest BCUT2D eigenvalue weighted by Gasteiger charge is -2.11. The summed E-state index contributed by atoms with van der Waals surface area (Å²) >= 11 is 0. The third-order valence-electron chi connectivity index (χ3n) is 3.11. The van der Waals surface area contributed by atoms with Crippen LogP contribution in [0.2, 0.25) is 0 Å². The van der Waals surface area contributed by atoms with Gasteiger partial charge in [0.05, 0.1) is 6.61 Å². The molecule has 0 spiro atoms. The largest absolute Gasteiger partial charge is 0.392 e. The van der Waals surface area contributed by atoms with Crippen LogP contribution in [0.5, 0.6) is 0 Å². The fourth-order valence-electron chi connectivity index (χ4n) is 2.09. The number of carbonyl (C=O) groups is 1. The average molecular weight is 270 g/mol. The van der Waals surface area contributed by atoms with Crippen LogP contribution in [0.15, 0.2) is 48.5 Å². The summed E-state index contributed by atoms with van der Waals surface area (Å²) in [4.78, 5) is 12.3. The number of amides is 1. The van der Waals surface area contributed by atoms with Gasteiger partial charge in [0.25, 0.3) is 5.91 Å². The summed E-state index contributed by atoms with van der Waals surface area (Å²) in [6, 6.07) is 14.6. The first-order chi connectivity index (χ1) is 9.76. The Bertz CT molecular complexity index is 597. The van der Waals surface area contributed by atoms with Crippen molar-refractivity contribution in [3.63, 3.8) is 0 Å². The van der Waals surface area contributed by atoms with Crippen LogP contribution in [-0.2, 0) is 13.0 Å². The molecule has 0 fully saturated rings. The number of benzene rings is 2. The van der Waals surface area contributed by atoms with Crippen molar-refractivity contribution < 1.29 is 9.90 Å². The highest BCUT2D eigenvalue weighted by atomic mass is 16.3. The van der Waals surface area contributed by atoms with Gasteiger partial charge in [-0.1, -0.05) is 36.4 Å². The Hall–Kier alpha value is -2.17. The second-order valence-corrected chi connectivity index (χ2v) is 4.47. The van der Waals surface area contributed by atoms with E-state index >= 15 is 0 Å². The molecule has 20 heavy (non-hydrogen) atoms. The van der Waals surface area contributed by atoms with Crippen molar-refractivity contribution in [2.75, 3.05) is 11.9 Å². The highest BCUT2D eigenvalue weighted by Gasteiger charge is 2.12. The fourth-order valence-corrected chi connectivity index (χ4v) is 2.09. The number of nitrogens with two attached hydrogens (primary N) is 1. The third-order valence-corrected chi connectivity index (χ3v) is 3.11. The van der Waals surface area contributed by atoms with Crippen molar-refractivity contribution >= 4 is 11.6 Å². The Kier molecular flexibility index (Phi) is 4.87. The molecule has 0 aliphatic carbocycles. The Morgan fingerprint density at radius 1 is 1.05 bits per heavy atom. The summed E-state index contributed by atoms with van der Waals surface area (Å²) < 4.78 is 0. The lowest BCUT2D eigenvalue weighted by Crippen LogP contribution is -2.16. The fraction of sp³-hybridized carbons (Fsp3) is 0.188. The van der Waals surface area contributed by atoms with Gasteiger partial charge in [-0.15, -0.1) is 0 Å². The first-order valence-electron chi connectivity index (χ1n) is 6.54. The second kappa shape index (κ2) is 6.84. The van der Waals surface area contributed by atoms with Crippen LogP contribution in [0.1, 0.15) is 21.5 Å². The minimum atomic E-state index is -0.185. The maximum absolute atomic E-state index is 12.3. The molecule has 2 aromatic carbocycles. The van der Waals surface area contributed by atoms with E-state index in [1.54, 1.807) is 18.2 Å². The molecule has 2 rings (SSSR count). The molecule has 0 saturated heterocycles. The number of para-hydroxylation sites is 1. The number of anilines is 1. The summed E-state index contributed by atoms with van der Waals surface area (Å²) in [6.45, 7) is 0.387. The molecule has 4 N–H and O–H groups in total. The topological polar surface area (TPSA) is 75.4 Å². The van der Waals surface area contributed by atoms with E-state index in [9.17, 15) is 9.90 Å². The lowest BCUT2D eigenvalue weighted by atomic mass is 10.0. The Morgan fingerprint density at radius 3 is 2.40 bits per heavy atom. The minimum absolute atomic E-state index is 0.110. The van der Waals surface area contributed by atoms with Crippen LogP contribution >= 0.6 is 0 Å². The molecule has 104 valence electrons. The van der Waals surface area contributed by atoms with Crippen LogP contribution in [-0.4, -0.2) is 17.6 Å². The van der Waals surface area contributed by atoms with Gasteiger partial charge in [0, 0.05) is 16.8 Å². The van der Waals surface area contributed by atoms with E-state index in [1.165, 1.54) is 0 Å². The van der Waals surface area contributed by atoms with Crippen LogP contribution in [0.25, 0.3) is 0 Å². The van der Waals surface area contributed by atoms with Gasteiger partial charge in [-0.2, -0.15) is 0 Å². The zero-order valence-corrected chi connectivity index (χ0v) is 11.2.